The molecule has 0 spiro atoms. The zero-order chi connectivity index (χ0) is 19.7. The highest BCUT2D eigenvalue weighted by molar-refractivity contribution is 6.07. The molecule has 1 N–H and O–H groups in total. The SMILES string of the molecule is COc1cccc([C@]2(C)NC(=O)N(Cc3nc(-c4ccccc4)no3)C2=O)c1. The quantitative estimate of drug-likeness (QED) is 0.686. The average molecular weight is 378 g/mol. The van der Waals surface area contributed by atoms with E-state index >= 15 is 0 Å². The topological polar surface area (TPSA) is 97.6 Å². The molecule has 1 aliphatic heterocycles. The third-order valence-electron chi connectivity index (χ3n) is 4.72. The predicted molar refractivity (Wildman–Crippen MR) is 99.2 cm³/mol. The van der Waals surface area contributed by atoms with Gasteiger partial charge < -0.3 is 14.6 Å². The highest BCUT2D eigenvalue weighted by Gasteiger charge is 2.49. The Bertz CT molecular complexity index is 1030. The van der Waals surface area contributed by atoms with E-state index in [1.165, 1.54) is 0 Å². The second kappa shape index (κ2) is 6.80. The van der Waals surface area contributed by atoms with Crippen LogP contribution in [0.2, 0.25) is 0 Å². The molecule has 1 atom stereocenters. The van der Waals surface area contributed by atoms with Crippen molar-refractivity contribution >= 4 is 11.9 Å². The molecule has 0 unspecified atom stereocenters. The summed E-state index contributed by atoms with van der Waals surface area (Å²) in [7, 11) is 1.54. The van der Waals surface area contributed by atoms with Gasteiger partial charge in [0, 0.05) is 5.56 Å². The van der Waals surface area contributed by atoms with Crippen LogP contribution in [0.25, 0.3) is 11.4 Å². The normalized spacial score (nSPS) is 19.0. The van der Waals surface area contributed by atoms with Crippen molar-refractivity contribution in [1.29, 1.82) is 0 Å². The maximum atomic E-state index is 13.0. The van der Waals surface area contributed by atoms with Gasteiger partial charge in [-0.15, -0.1) is 0 Å². The maximum Gasteiger partial charge on any atom is 0.325 e. The number of aromatic nitrogens is 2. The second-order valence-electron chi connectivity index (χ2n) is 6.56. The van der Waals surface area contributed by atoms with Gasteiger partial charge in [-0.1, -0.05) is 47.6 Å². The summed E-state index contributed by atoms with van der Waals surface area (Å²) < 4.78 is 10.5. The number of benzene rings is 2. The van der Waals surface area contributed by atoms with Crippen LogP contribution < -0.4 is 10.1 Å². The van der Waals surface area contributed by atoms with E-state index in [4.69, 9.17) is 9.26 Å². The van der Waals surface area contributed by atoms with Crippen LogP contribution in [0.5, 0.6) is 5.75 Å². The molecule has 0 bridgehead atoms. The monoisotopic (exact) mass is 378 g/mol. The van der Waals surface area contributed by atoms with Crippen LogP contribution in [0, 0.1) is 0 Å². The first-order valence-electron chi connectivity index (χ1n) is 8.68. The van der Waals surface area contributed by atoms with Gasteiger partial charge in [0.2, 0.25) is 11.7 Å². The van der Waals surface area contributed by atoms with Gasteiger partial charge in [0.1, 0.15) is 17.8 Å². The smallest absolute Gasteiger partial charge is 0.325 e. The molecule has 8 heteroatoms. The number of carbonyl (C=O) groups excluding carboxylic acids is 2. The van der Waals surface area contributed by atoms with E-state index < -0.39 is 17.5 Å². The second-order valence-corrected chi connectivity index (χ2v) is 6.56. The summed E-state index contributed by atoms with van der Waals surface area (Å²) in [6.07, 6.45) is 0. The first-order chi connectivity index (χ1) is 13.5. The molecule has 0 saturated carbocycles. The fraction of sp³-hybridized carbons (Fsp3) is 0.200. The van der Waals surface area contributed by atoms with Crippen LogP contribution in [-0.4, -0.2) is 34.1 Å². The first-order valence-corrected chi connectivity index (χ1v) is 8.68. The molecular formula is C20H18N4O4. The molecule has 1 aromatic heterocycles. The first kappa shape index (κ1) is 17.7. The molecule has 2 aromatic carbocycles. The number of urea groups is 1. The van der Waals surface area contributed by atoms with Crippen LogP contribution in [0.3, 0.4) is 0 Å². The minimum absolute atomic E-state index is 0.107. The average Bonchev–Trinajstić information content (AvgIpc) is 3.28. The van der Waals surface area contributed by atoms with Crippen LogP contribution in [0.15, 0.2) is 59.1 Å². The number of rotatable bonds is 5. The number of nitrogens with zero attached hydrogens (tertiary/aromatic N) is 3. The zero-order valence-electron chi connectivity index (χ0n) is 15.4. The number of hydrogen-bond acceptors (Lipinski definition) is 6. The fourth-order valence-electron chi connectivity index (χ4n) is 3.13. The number of imide groups is 1. The van der Waals surface area contributed by atoms with Crippen molar-refractivity contribution in [3.05, 3.63) is 66.1 Å². The van der Waals surface area contributed by atoms with E-state index in [1.54, 1.807) is 38.3 Å². The van der Waals surface area contributed by atoms with Gasteiger partial charge in [-0.2, -0.15) is 4.98 Å². The fourth-order valence-corrected chi connectivity index (χ4v) is 3.13. The van der Waals surface area contributed by atoms with E-state index in [2.05, 4.69) is 15.5 Å². The van der Waals surface area contributed by atoms with Crippen molar-refractivity contribution in [2.24, 2.45) is 0 Å². The van der Waals surface area contributed by atoms with Crippen LogP contribution in [-0.2, 0) is 16.9 Å². The molecule has 0 radical (unpaired) electrons. The molecule has 1 aliphatic rings. The van der Waals surface area contributed by atoms with Crippen molar-refractivity contribution in [2.75, 3.05) is 7.11 Å². The standard InChI is InChI=1S/C20H18N4O4/c1-20(14-9-6-10-15(11-14)27-2)18(25)24(19(26)22-20)12-16-21-17(23-28-16)13-7-4-3-5-8-13/h3-11H,12H2,1-2H3,(H,22,26)/t20-/m0/s1. The number of carbonyl (C=O) groups is 2. The lowest BCUT2D eigenvalue weighted by Gasteiger charge is -2.22. The Balaban J connectivity index is 1.57. The van der Waals surface area contributed by atoms with Gasteiger partial charge in [-0.05, 0) is 24.6 Å². The minimum atomic E-state index is -1.20. The molecule has 8 nitrogen and oxygen atoms in total. The Kier molecular flexibility index (Phi) is 4.31. The molecule has 0 aliphatic carbocycles. The summed E-state index contributed by atoms with van der Waals surface area (Å²) in [6, 6.07) is 15.8. The van der Waals surface area contributed by atoms with Gasteiger partial charge in [-0.3, -0.25) is 9.69 Å². The molecule has 1 saturated heterocycles. The highest BCUT2D eigenvalue weighted by Crippen LogP contribution is 2.31. The number of nitrogens with one attached hydrogen (secondary N) is 1. The third-order valence-corrected chi connectivity index (χ3v) is 4.72. The summed E-state index contributed by atoms with van der Waals surface area (Å²) in [5.41, 5.74) is 0.215. The molecule has 3 aromatic rings. The van der Waals surface area contributed by atoms with Crippen molar-refractivity contribution in [3.63, 3.8) is 0 Å². The molecular weight excluding hydrogens is 360 g/mol. The molecule has 2 heterocycles. The lowest BCUT2D eigenvalue weighted by Crippen LogP contribution is -2.40. The summed E-state index contributed by atoms with van der Waals surface area (Å²) in [5, 5.41) is 6.67. The van der Waals surface area contributed by atoms with E-state index in [-0.39, 0.29) is 12.4 Å². The number of amides is 3. The van der Waals surface area contributed by atoms with Crippen molar-refractivity contribution < 1.29 is 18.8 Å². The highest BCUT2D eigenvalue weighted by atomic mass is 16.5. The Morgan fingerprint density at radius 2 is 1.93 bits per heavy atom. The van der Waals surface area contributed by atoms with Crippen LogP contribution >= 0.6 is 0 Å². The maximum absolute atomic E-state index is 13.0. The van der Waals surface area contributed by atoms with Gasteiger partial charge in [-0.25, -0.2) is 4.79 Å². The largest absolute Gasteiger partial charge is 0.497 e. The van der Waals surface area contributed by atoms with Crippen molar-refractivity contribution in [1.82, 2.24) is 20.4 Å². The summed E-state index contributed by atoms with van der Waals surface area (Å²) >= 11 is 0. The Morgan fingerprint density at radius 1 is 1.14 bits per heavy atom. The van der Waals surface area contributed by atoms with Crippen LogP contribution in [0.1, 0.15) is 18.4 Å². The Hall–Kier alpha value is -3.68. The lowest BCUT2D eigenvalue weighted by molar-refractivity contribution is -0.131. The lowest BCUT2D eigenvalue weighted by atomic mass is 9.92. The van der Waals surface area contributed by atoms with E-state index in [1.807, 2.05) is 30.3 Å². The van der Waals surface area contributed by atoms with Crippen molar-refractivity contribution in [2.45, 2.75) is 19.0 Å². The van der Waals surface area contributed by atoms with Gasteiger partial charge in [0.25, 0.3) is 5.91 Å². The van der Waals surface area contributed by atoms with Gasteiger partial charge in [0.15, 0.2) is 0 Å². The van der Waals surface area contributed by atoms with E-state index in [0.717, 1.165) is 10.5 Å². The summed E-state index contributed by atoms with van der Waals surface area (Å²) in [4.78, 5) is 30.9. The summed E-state index contributed by atoms with van der Waals surface area (Å²) in [6.45, 7) is 1.55. The van der Waals surface area contributed by atoms with Crippen molar-refractivity contribution in [3.8, 4) is 17.1 Å². The molecule has 28 heavy (non-hydrogen) atoms. The number of hydrogen-bond donors (Lipinski definition) is 1. The summed E-state index contributed by atoms with van der Waals surface area (Å²) in [5.74, 6) is 0.782. The molecule has 1 fully saturated rings. The Labute approximate surface area is 161 Å². The molecule has 4 rings (SSSR count). The molecule has 3 amide bonds. The predicted octanol–water partition coefficient (Wildman–Crippen LogP) is 2.71. The van der Waals surface area contributed by atoms with E-state index in [0.29, 0.717) is 17.1 Å². The minimum Gasteiger partial charge on any atom is -0.497 e. The zero-order valence-corrected chi connectivity index (χ0v) is 15.4. The number of methoxy groups -OCH3 is 1. The third kappa shape index (κ3) is 2.98. The van der Waals surface area contributed by atoms with Gasteiger partial charge in [0.05, 0.1) is 7.11 Å². The molecule has 142 valence electrons. The van der Waals surface area contributed by atoms with Gasteiger partial charge >= 0.3 is 6.03 Å². The van der Waals surface area contributed by atoms with Crippen LogP contribution in [0.4, 0.5) is 4.79 Å². The Morgan fingerprint density at radius 3 is 2.68 bits per heavy atom. The number of ether oxygens (including phenoxy) is 1. The van der Waals surface area contributed by atoms with E-state index in [9.17, 15) is 9.59 Å².